The van der Waals surface area contributed by atoms with Crippen molar-refractivity contribution in [2.45, 2.75) is 39.5 Å². The second kappa shape index (κ2) is 8.46. The molecule has 8 nitrogen and oxygen atoms in total. The van der Waals surface area contributed by atoms with Crippen molar-refractivity contribution in [3.05, 3.63) is 53.6 Å². The fourth-order valence-electron chi connectivity index (χ4n) is 3.94. The van der Waals surface area contributed by atoms with Gasteiger partial charge in [0.2, 0.25) is 0 Å². The number of aromatic nitrogens is 5. The van der Waals surface area contributed by atoms with Crippen LogP contribution in [0.5, 0.6) is 0 Å². The highest BCUT2D eigenvalue weighted by Gasteiger charge is 2.23. The Morgan fingerprint density at radius 2 is 2.14 bits per heavy atom. The van der Waals surface area contributed by atoms with Crippen molar-refractivity contribution in [3.63, 3.8) is 0 Å². The van der Waals surface area contributed by atoms with Crippen molar-refractivity contribution in [2.75, 3.05) is 13.1 Å². The number of nitrogens with zero attached hydrogens (tertiary/aromatic N) is 6. The van der Waals surface area contributed by atoms with Gasteiger partial charge in [-0.3, -0.25) is 4.79 Å². The van der Waals surface area contributed by atoms with Crippen LogP contribution in [0.15, 0.2) is 35.2 Å². The van der Waals surface area contributed by atoms with Gasteiger partial charge < -0.3 is 9.42 Å². The van der Waals surface area contributed by atoms with E-state index in [9.17, 15) is 4.79 Å². The predicted molar refractivity (Wildman–Crippen MR) is 106 cm³/mol. The number of rotatable bonds is 4. The molecule has 0 aliphatic carbocycles. The lowest BCUT2D eigenvalue weighted by molar-refractivity contribution is 0.0753. The van der Waals surface area contributed by atoms with E-state index in [-0.39, 0.29) is 5.91 Å². The van der Waals surface area contributed by atoms with Gasteiger partial charge in [-0.1, -0.05) is 5.16 Å². The topological polar surface area (TPSA) is 97.9 Å². The molecular weight excluding hydrogens is 368 g/mol. The molecule has 29 heavy (non-hydrogen) atoms. The molecule has 0 aromatic carbocycles. The molecule has 1 unspecified atom stereocenters. The maximum atomic E-state index is 12.6. The van der Waals surface area contributed by atoms with Crippen LogP contribution in [0.4, 0.5) is 0 Å². The summed E-state index contributed by atoms with van der Waals surface area (Å²) in [5.41, 5.74) is 4.04. The Labute approximate surface area is 169 Å². The summed E-state index contributed by atoms with van der Waals surface area (Å²) in [6.45, 7) is 5.29. The molecule has 1 fully saturated rings. The lowest BCUT2D eigenvalue weighted by atomic mass is 9.94. The molecule has 1 aliphatic heterocycles. The molecule has 0 radical (unpaired) electrons. The van der Waals surface area contributed by atoms with E-state index in [1.54, 1.807) is 24.7 Å². The van der Waals surface area contributed by atoms with Crippen LogP contribution in [0.1, 0.15) is 46.9 Å². The smallest absolute Gasteiger partial charge is 0.274 e. The van der Waals surface area contributed by atoms with E-state index in [4.69, 9.17) is 4.52 Å². The number of hydrogen-bond donors (Lipinski definition) is 0. The van der Waals surface area contributed by atoms with Crippen LogP contribution in [0.3, 0.4) is 0 Å². The maximum absolute atomic E-state index is 12.6. The highest BCUT2D eigenvalue weighted by atomic mass is 16.5. The summed E-state index contributed by atoms with van der Waals surface area (Å²) in [5.74, 6) is 1.20. The van der Waals surface area contributed by atoms with Crippen LogP contribution in [0.25, 0.3) is 11.3 Å². The molecule has 150 valence electrons. The van der Waals surface area contributed by atoms with Gasteiger partial charge in [-0.25, -0.2) is 9.97 Å². The monoisotopic (exact) mass is 392 g/mol. The Bertz CT molecular complexity index is 968. The molecular formula is C21H24N6O2. The van der Waals surface area contributed by atoms with Crippen molar-refractivity contribution in [3.8, 4) is 11.3 Å². The van der Waals surface area contributed by atoms with Crippen LogP contribution >= 0.6 is 0 Å². The summed E-state index contributed by atoms with van der Waals surface area (Å²) < 4.78 is 5.27. The molecule has 3 aromatic heterocycles. The number of carbonyl (C=O) groups is 1. The van der Waals surface area contributed by atoms with Gasteiger partial charge in [0.15, 0.2) is 5.69 Å². The third-order valence-corrected chi connectivity index (χ3v) is 5.44. The van der Waals surface area contributed by atoms with Crippen LogP contribution < -0.4 is 0 Å². The van der Waals surface area contributed by atoms with Gasteiger partial charge in [-0.2, -0.15) is 5.10 Å². The maximum Gasteiger partial charge on any atom is 0.274 e. The number of hydrogen-bond acceptors (Lipinski definition) is 7. The second-order valence-corrected chi connectivity index (χ2v) is 7.50. The first-order valence-corrected chi connectivity index (χ1v) is 9.93. The van der Waals surface area contributed by atoms with E-state index in [1.807, 2.05) is 24.8 Å². The first-order chi connectivity index (χ1) is 14.1. The second-order valence-electron chi connectivity index (χ2n) is 7.50. The standard InChI is InChI=1S/C21H24N6O2/c1-14-20(15(2)29-26-14)19-12-17(22-13-23-19)11-16-5-4-9-27(10-7-16)21(28)18-6-3-8-24-25-18/h3,6,8,12-13,16H,4-5,7,9-11H2,1-2H3. The minimum Gasteiger partial charge on any atom is -0.361 e. The van der Waals surface area contributed by atoms with Gasteiger partial charge in [-0.05, 0) is 63.6 Å². The summed E-state index contributed by atoms with van der Waals surface area (Å²) in [6.07, 6.45) is 7.03. The zero-order valence-electron chi connectivity index (χ0n) is 16.7. The molecule has 0 bridgehead atoms. The van der Waals surface area contributed by atoms with Gasteiger partial charge in [0.25, 0.3) is 5.91 Å². The van der Waals surface area contributed by atoms with E-state index in [2.05, 4.69) is 25.3 Å². The van der Waals surface area contributed by atoms with Crippen LogP contribution in [-0.4, -0.2) is 49.2 Å². The van der Waals surface area contributed by atoms with Crippen LogP contribution in [0.2, 0.25) is 0 Å². The molecule has 0 spiro atoms. The third-order valence-electron chi connectivity index (χ3n) is 5.44. The minimum atomic E-state index is -0.0403. The van der Waals surface area contributed by atoms with E-state index in [0.717, 1.165) is 67.2 Å². The average molecular weight is 392 g/mol. The van der Waals surface area contributed by atoms with Crippen molar-refractivity contribution in [1.29, 1.82) is 0 Å². The molecule has 0 saturated carbocycles. The van der Waals surface area contributed by atoms with E-state index < -0.39 is 0 Å². The zero-order chi connectivity index (χ0) is 20.2. The van der Waals surface area contributed by atoms with Crippen LogP contribution in [0, 0.1) is 19.8 Å². The van der Waals surface area contributed by atoms with E-state index >= 15 is 0 Å². The van der Waals surface area contributed by atoms with Crippen molar-refractivity contribution < 1.29 is 9.32 Å². The number of amides is 1. The Balaban J connectivity index is 1.42. The van der Waals surface area contributed by atoms with Crippen LogP contribution in [-0.2, 0) is 6.42 Å². The SMILES string of the molecule is Cc1noc(C)c1-c1cc(CC2CCCN(C(=O)c3cccnn3)CC2)ncn1. The first-order valence-electron chi connectivity index (χ1n) is 9.93. The quantitative estimate of drug-likeness (QED) is 0.673. The summed E-state index contributed by atoms with van der Waals surface area (Å²) in [5, 5.41) is 11.8. The van der Waals surface area contributed by atoms with Crippen molar-refractivity contribution in [2.24, 2.45) is 5.92 Å². The van der Waals surface area contributed by atoms with Gasteiger partial charge >= 0.3 is 0 Å². The van der Waals surface area contributed by atoms with Gasteiger partial charge in [-0.15, -0.1) is 5.10 Å². The van der Waals surface area contributed by atoms with E-state index in [1.165, 1.54) is 0 Å². The lowest BCUT2D eigenvalue weighted by Crippen LogP contribution is -2.32. The summed E-state index contributed by atoms with van der Waals surface area (Å²) in [4.78, 5) is 23.4. The average Bonchev–Trinajstić information content (AvgIpc) is 2.93. The molecule has 0 N–H and O–H groups in total. The van der Waals surface area contributed by atoms with Crippen molar-refractivity contribution in [1.82, 2.24) is 30.2 Å². The fraction of sp³-hybridized carbons (Fsp3) is 0.429. The number of carbonyl (C=O) groups excluding carboxylic acids is 1. The lowest BCUT2D eigenvalue weighted by Gasteiger charge is -2.20. The number of likely N-dealkylation sites (tertiary alicyclic amines) is 1. The molecule has 3 aromatic rings. The highest BCUT2D eigenvalue weighted by molar-refractivity contribution is 5.92. The van der Waals surface area contributed by atoms with E-state index in [0.29, 0.717) is 11.6 Å². The summed E-state index contributed by atoms with van der Waals surface area (Å²) in [6, 6.07) is 5.49. The van der Waals surface area contributed by atoms with Gasteiger partial charge in [0.05, 0.1) is 17.0 Å². The fourth-order valence-corrected chi connectivity index (χ4v) is 3.94. The van der Waals surface area contributed by atoms with Crippen molar-refractivity contribution >= 4 is 5.91 Å². The highest BCUT2D eigenvalue weighted by Crippen LogP contribution is 2.27. The third kappa shape index (κ3) is 4.31. The Hall–Kier alpha value is -3.16. The number of aryl methyl sites for hydroxylation is 2. The predicted octanol–water partition coefficient (Wildman–Crippen LogP) is 3.02. The molecule has 8 heteroatoms. The first kappa shape index (κ1) is 19.2. The normalized spacial score (nSPS) is 17.2. The zero-order valence-corrected chi connectivity index (χ0v) is 16.7. The minimum absolute atomic E-state index is 0.0403. The molecule has 1 saturated heterocycles. The Morgan fingerprint density at radius 3 is 2.90 bits per heavy atom. The van der Waals surface area contributed by atoms with Gasteiger partial charge in [0.1, 0.15) is 12.1 Å². The largest absolute Gasteiger partial charge is 0.361 e. The van der Waals surface area contributed by atoms with Gasteiger partial charge in [0, 0.05) is 25.0 Å². The Kier molecular flexibility index (Phi) is 5.59. The molecule has 1 aliphatic rings. The molecule has 4 rings (SSSR count). The molecule has 1 amide bonds. The Morgan fingerprint density at radius 1 is 1.24 bits per heavy atom. The summed E-state index contributed by atoms with van der Waals surface area (Å²) in [7, 11) is 0. The summed E-state index contributed by atoms with van der Waals surface area (Å²) >= 11 is 0. The molecule has 4 heterocycles. The molecule has 1 atom stereocenters.